The number of hydrogen-bond donors (Lipinski definition) is 1. The van der Waals surface area contributed by atoms with Crippen LogP contribution in [0.4, 0.5) is 0 Å². The van der Waals surface area contributed by atoms with Gasteiger partial charge in [0.25, 0.3) is 0 Å². The third-order valence-electron chi connectivity index (χ3n) is 2.33. The Bertz CT molecular complexity index is 143. The largest absolute Gasteiger partial charge is 0.288 e. The van der Waals surface area contributed by atoms with E-state index in [1.807, 2.05) is 0 Å². The Morgan fingerprint density at radius 3 is 2.23 bits per heavy atom. The van der Waals surface area contributed by atoms with E-state index in [9.17, 15) is 4.79 Å². The lowest BCUT2D eigenvalue weighted by Gasteiger charge is -2.10. The summed E-state index contributed by atoms with van der Waals surface area (Å²) in [6.07, 6.45) is 5.48. The van der Waals surface area contributed by atoms with Gasteiger partial charge in [0.2, 0.25) is 0 Å². The third kappa shape index (κ3) is 9.94. The molecule has 13 heavy (non-hydrogen) atoms. The minimum atomic E-state index is 0.0238. The topological polar surface area (TPSA) is 17.1 Å². The molecule has 0 aliphatic carbocycles. The predicted octanol–water partition coefficient (Wildman–Crippen LogP) is 3.69. The summed E-state index contributed by atoms with van der Waals surface area (Å²) in [5.41, 5.74) is 0. The molecule has 0 amide bonds. The first-order chi connectivity index (χ1) is 6.02. The SMILES string of the molecule is CC(C)CCCC(C)CCC(=O)S. The molecule has 0 aromatic rings. The smallest absolute Gasteiger partial charge is 0.185 e. The van der Waals surface area contributed by atoms with E-state index in [4.69, 9.17) is 0 Å². The molecule has 0 heterocycles. The molecular formula is C11H22OS. The highest BCUT2D eigenvalue weighted by molar-refractivity contribution is 7.96. The van der Waals surface area contributed by atoms with Gasteiger partial charge >= 0.3 is 0 Å². The monoisotopic (exact) mass is 202 g/mol. The van der Waals surface area contributed by atoms with Crippen LogP contribution in [0.1, 0.15) is 52.9 Å². The Labute approximate surface area is 87.7 Å². The van der Waals surface area contributed by atoms with Crippen LogP contribution in [0.2, 0.25) is 0 Å². The van der Waals surface area contributed by atoms with Gasteiger partial charge in [0.15, 0.2) is 5.12 Å². The van der Waals surface area contributed by atoms with Gasteiger partial charge in [-0.1, -0.05) is 40.0 Å². The molecule has 0 aromatic heterocycles. The van der Waals surface area contributed by atoms with Crippen molar-refractivity contribution in [3.8, 4) is 0 Å². The first-order valence-corrected chi connectivity index (χ1v) is 5.69. The Kier molecular flexibility index (Phi) is 7.44. The van der Waals surface area contributed by atoms with Gasteiger partial charge in [0.05, 0.1) is 0 Å². The van der Waals surface area contributed by atoms with Crippen molar-refractivity contribution in [3.05, 3.63) is 0 Å². The molecule has 78 valence electrons. The van der Waals surface area contributed by atoms with Crippen molar-refractivity contribution >= 4 is 17.7 Å². The fourth-order valence-corrected chi connectivity index (χ4v) is 1.52. The summed E-state index contributed by atoms with van der Waals surface area (Å²) in [4.78, 5) is 10.6. The standard InChI is InChI=1S/C11H22OS/c1-9(2)5-4-6-10(3)7-8-11(12)13/h9-10H,4-8H2,1-3H3,(H,12,13). The van der Waals surface area contributed by atoms with Gasteiger partial charge in [-0.25, -0.2) is 0 Å². The fraction of sp³-hybridized carbons (Fsp3) is 0.909. The third-order valence-corrected chi connectivity index (χ3v) is 2.55. The van der Waals surface area contributed by atoms with E-state index in [1.165, 1.54) is 19.3 Å². The average Bonchev–Trinajstić information content (AvgIpc) is 2.00. The van der Waals surface area contributed by atoms with Gasteiger partial charge in [-0.15, -0.1) is 12.6 Å². The lowest BCUT2D eigenvalue weighted by Crippen LogP contribution is -1.99. The highest BCUT2D eigenvalue weighted by atomic mass is 32.1. The molecule has 0 aliphatic rings. The summed E-state index contributed by atoms with van der Waals surface area (Å²) < 4.78 is 0. The Hall–Kier alpha value is 0.0200. The van der Waals surface area contributed by atoms with Crippen LogP contribution in [-0.4, -0.2) is 5.12 Å². The van der Waals surface area contributed by atoms with Crippen molar-refractivity contribution in [2.45, 2.75) is 52.9 Å². The van der Waals surface area contributed by atoms with E-state index in [0.717, 1.165) is 12.3 Å². The van der Waals surface area contributed by atoms with Crippen LogP contribution >= 0.6 is 12.6 Å². The molecule has 1 atom stereocenters. The van der Waals surface area contributed by atoms with Crippen molar-refractivity contribution in [1.82, 2.24) is 0 Å². The van der Waals surface area contributed by atoms with Gasteiger partial charge in [-0.05, 0) is 18.3 Å². The van der Waals surface area contributed by atoms with E-state index < -0.39 is 0 Å². The minimum Gasteiger partial charge on any atom is -0.288 e. The van der Waals surface area contributed by atoms with Crippen LogP contribution in [0, 0.1) is 11.8 Å². The quantitative estimate of drug-likeness (QED) is 0.623. The van der Waals surface area contributed by atoms with E-state index in [1.54, 1.807) is 0 Å². The zero-order chi connectivity index (χ0) is 10.3. The Morgan fingerprint density at radius 2 is 1.77 bits per heavy atom. The highest BCUT2D eigenvalue weighted by Gasteiger charge is 2.04. The molecule has 0 aliphatic heterocycles. The van der Waals surface area contributed by atoms with Crippen molar-refractivity contribution in [2.75, 3.05) is 0 Å². The summed E-state index contributed by atoms with van der Waals surface area (Å²) in [5.74, 6) is 1.48. The van der Waals surface area contributed by atoms with Gasteiger partial charge in [0.1, 0.15) is 0 Å². The van der Waals surface area contributed by atoms with Crippen LogP contribution in [0.3, 0.4) is 0 Å². The molecule has 2 heteroatoms. The van der Waals surface area contributed by atoms with Gasteiger partial charge in [0, 0.05) is 6.42 Å². The van der Waals surface area contributed by atoms with Crippen molar-refractivity contribution < 1.29 is 4.79 Å². The second-order valence-electron chi connectivity index (χ2n) is 4.36. The first kappa shape index (κ1) is 13.0. The molecule has 0 spiro atoms. The molecule has 0 saturated carbocycles. The normalized spacial score (nSPS) is 13.3. The molecular weight excluding hydrogens is 180 g/mol. The molecule has 0 N–H and O–H groups in total. The Morgan fingerprint density at radius 1 is 1.15 bits per heavy atom. The van der Waals surface area contributed by atoms with Crippen LogP contribution in [-0.2, 0) is 4.79 Å². The van der Waals surface area contributed by atoms with Gasteiger partial charge in [-0.3, -0.25) is 4.79 Å². The lowest BCUT2D eigenvalue weighted by atomic mass is 9.96. The minimum absolute atomic E-state index is 0.0238. The summed E-state index contributed by atoms with van der Waals surface area (Å²) >= 11 is 3.76. The molecule has 1 unspecified atom stereocenters. The van der Waals surface area contributed by atoms with E-state index >= 15 is 0 Å². The number of thiol groups is 1. The summed E-state index contributed by atoms with van der Waals surface area (Å²) in [7, 11) is 0. The van der Waals surface area contributed by atoms with E-state index in [0.29, 0.717) is 12.3 Å². The highest BCUT2D eigenvalue weighted by Crippen LogP contribution is 2.16. The van der Waals surface area contributed by atoms with Crippen LogP contribution in [0.25, 0.3) is 0 Å². The molecule has 1 nitrogen and oxygen atoms in total. The molecule has 0 fully saturated rings. The van der Waals surface area contributed by atoms with Crippen molar-refractivity contribution in [3.63, 3.8) is 0 Å². The molecule has 0 aromatic carbocycles. The number of carbonyl (C=O) groups is 1. The first-order valence-electron chi connectivity index (χ1n) is 5.24. The van der Waals surface area contributed by atoms with E-state index in [2.05, 4.69) is 33.4 Å². The second-order valence-corrected chi connectivity index (χ2v) is 4.86. The van der Waals surface area contributed by atoms with E-state index in [-0.39, 0.29) is 5.12 Å². The van der Waals surface area contributed by atoms with Crippen LogP contribution < -0.4 is 0 Å². The predicted molar refractivity (Wildman–Crippen MR) is 61.1 cm³/mol. The number of carbonyl (C=O) groups excluding carboxylic acids is 1. The molecule has 0 rings (SSSR count). The lowest BCUT2D eigenvalue weighted by molar-refractivity contribution is -0.111. The van der Waals surface area contributed by atoms with Crippen LogP contribution in [0.15, 0.2) is 0 Å². The maximum atomic E-state index is 10.6. The second kappa shape index (κ2) is 7.43. The van der Waals surface area contributed by atoms with Crippen molar-refractivity contribution in [2.24, 2.45) is 11.8 Å². The summed E-state index contributed by atoms with van der Waals surface area (Å²) in [5, 5.41) is 0.0238. The molecule has 0 saturated heterocycles. The fourth-order valence-electron chi connectivity index (χ4n) is 1.39. The Balaban J connectivity index is 3.30. The molecule has 0 radical (unpaired) electrons. The zero-order valence-electron chi connectivity index (χ0n) is 9.05. The maximum absolute atomic E-state index is 10.6. The number of rotatable bonds is 7. The maximum Gasteiger partial charge on any atom is 0.185 e. The zero-order valence-corrected chi connectivity index (χ0v) is 9.94. The summed E-state index contributed by atoms with van der Waals surface area (Å²) in [6, 6.07) is 0. The van der Waals surface area contributed by atoms with Crippen molar-refractivity contribution in [1.29, 1.82) is 0 Å². The molecule has 0 bridgehead atoms. The van der Waals surface area contributed by atoms with Gasteiger partial charge in [-0.2, -0.15) is 0 Å². The number of hydrogen-bond acceptors (Lipinski definition) is 1. The average molecular weight is 202 g/mol. The summed E-state index contributed by atoms with van der Waals surface area (Å²) in [6.45, 7) is 6.72. The van der Waals surface area contributed by atoms with Gasteiger partial charge < -0.3 is 0 Å². The van der Waals surface area contributed by atoms with Crippen LogP contribution in [0.5, 0.6) is 0 Å².